The summed E-state index contributed by atoms with van der Waals surface area (Å²) in [5.41, 5.74) is 1.65. The number of halogens is 3. The highest BCUT2D eigenvalue weighted by Gasteiger charge is 2.20. The van der Waals surface area contributed by atoms with Crippen LogP contribution in [0, 0.1) is 15.3 Å². The first-order chi connectivity index (χ1) is 9.31. The Kier molecular flexibility index (Phi) is 4.95. The lowest BCUT2D eigenvalue weighted by Gasteiger charge is -2.20. The van der Waals surface area contributed by atoms with Gasteiger partial charge in [0, 0.05) is 12.1 Å². The number of benzene rings is 1. The summed E-state index contributed by atoms with van der Waals surface area (Å²) >= 11 is 8.25. The van der Waals surface area contributed by atoms with E-state index in [0.29, 0.717) is 9.49 Å². The molecule has 110 valence electrons. The van der Waals surface area contributed by atoms with Gasteiger partial charge in [0.25, 0.3) is 0 Å². The van der Waals surface area contributed by atoms with Gasteiger partial charge in [0.2, 0.25) is 0 Å². The molecule has 0 saturated carbocycles. The molecule has 1 aromatic carbocycles. The van der Waals surface area contributed by atoms with Crippen LogP contribution in [0.5, 0.6) is 0 Å². The zero-order valence-electron chi connectivity index (χ0n) is 12.1. The summed E-state index contributed by atoms with van der Waals surface area (Å²) in [6, 6.07) is 3.60. The van der Waals surface area contributed by atoms with Crippen LogP contribution in [0.4, 0.5) is 4.39 Å². The molecular formula is C15H19ClFIN2. The third-order valence-electron chi connectivity index (χ3n) is 3.37. The second-order valence-electron chi connectivity index (χ2n) is 5.69. The van der Waals surface area contributed by atoms with E-state index < -0.39 is 0 Å². The first-order valence-corrected chi connectivity index (χ1v) is 8.33. The number of aromatic nitrogens is 2. The molecule has 0 aliphatic carbocycles. The molecule has 1 aromatic heterocycles. The summed E-state index contributed by atoms with van der Waals surface area (Å²) in [4.78, 5) is 4.60. The van der Waals surface area contributed by atoms with Crippen molar-refractivity contribution in [3.8, 4) is 0 Å². The maximum absolute atomic E-state index is 13.9. The van der Waals surface area contributed by atoms with Crippen LogP contribution in [0.3, 0.4) is 0 Å². The maximum Gasteiger partial charge on any atom is 0.138 e. The van der Waals surface area contributed by atoms with Crippen molar-refractivity contribution in [3.63, 3.8) is 0 Å². The van der Waals surface area contributed by atoms with Crippen molar-refractivity contribution in [2.45, 2.75) is 45.5 Å². The number of hydrogen-bond donors (Lipinski definition) is 0. The molecule has 2 atom stereocenters. The smallest absolute Gasteiger partial charge is 0.138 e. The van der Waals surface area contributed by atoms with E-state index in [1.807, 2.05) is 29.5 Å². The lowest BCUT2D eigenvalue weighted by molar-refractivity contribution is 0.425. The molecular weight excluding hydrogens is 390 g/mol. The third kappa shape index (κ3) is 3.11. The van der Waals surface area contributed by atoms with E-state index in [1.165, 1.54) is 0 Å². The quantitative estimate of drug-likeness (QED) is 0.469. The minimum Gasteiger partial charge on any atom is -0.324 e. The second-order valence-corrected chi connectivity index (χ2v) is 7.51. The third-order valence-corrected chi connectivity index (χ3v) is 4.39. The molecule has 5 heteroatoms. The van der Waals surface area contributed by atoms with Gasteiger partial charge in [-0.1, -0.05) is 13.8 Å². The van der Waals surface area contributed by atoms with Crippen LogP contribution in [0.2, 0.25) is 0 Å². The fraction of sp³-hybridized carbons (Fsp3) is 0.533. The monoisotopic (exact) mass is 408 g/mol. The Morgan fingerprint density at radius 2 is 1.95 bits per heavy atom. The lowest BCUT2D eigenvalue weighted by Crippen LogP contribution is -2.12. The summed E-state index contributed by atoms with van der Waals surface area (Å²) in [5.74, 6) is 1.18. The Morgan fingerprint density at radius 3 is 2.50 bits per heavy atom. The Morgan fingerprint density at radius 1 is 1.30 bits per heavy atom. The van der Waals surface area contributed by atoms with Crippen molar-refractivity contribution in [2.75, 3.05) is 0 Å². The van der Waals surface area contributed by atoms with Crippen molar-refractivity contribution in [1.82, 2.24) is 9.55 Å². The molecule has 2 nitrogen and oxygen atoms in total. The number of alkyl halides is 1. The molecule has 20 heavy (non-hydrogen) atoms. The highest BCUT2D eigenvalue weighted by Crippen LogP contribution is 2.32. The molecule has 0 amide bonds. The van der Waals surface area contributed by atoms with Gasteiger partial charge < -0.3 is 4.57 Å². The van der Waals surface area contributed by atoms with E-state index in [2.05, 4.69) is 30.3 Å². The van der Waals surface area contributed by atoms with E-state index in [9.17, 15) is 4.39 Å². The highest BCUT2D eigenvalue weighted by molar-refractivity contribution is 14.1. The fourth-order valence-corrected chi connectivity index (χ4v) is 3.25. The molecule has 0 aliphatic rings. The summed E-state index contributed by atoms with van der Waals surface area (Å²) in [6.45, 7) is 8.41. The van der Waals surface area contributed by atoms with Gasteiger partial charge in [-0.15, -0.1) is 11.6 Å². The van der Waals surface area contributed by atoms with Crippen molar-refractivity contribution >= 4 is 45.2 Å². The number of imidazole rings is 1. The first-order valence-electron chi connectivity index (χ1n) is 6.82. The molecule has 0 radical (unpaired) electrons. The summed E-state index contributed by atoms with van der Waals surface area (Å²) in [6.07, 6.45) is 1.01. The van der Waals surface area contributed by atoms with Gasteiger partial charge in [0.15, 0.2) is 0 Å². The standard InChI is InChI=1S/C15H19ClFIN2/c1-8(2)5-9(3)20-14-6-11(17)12(18)7-13(14)19-15(20)10(4)16/h6-10H,5H2,1-4H3. The average Bonchev–Trinajstić information content (AvgIpc) is 2.67. The molecule has 2 unspecified atom stereocenters. The van der Waals surface area contributed by atoms with Crippen molar-refractivity contribution in [1.29, 1.82) is 0 Å². The Balaban J connectivity index is 2.64. The Bertz CT molecular complexity index is 622. The van der Waals surface area contributed by atoms with Crippen LogP contribution in [0.15, 0.2) is 12.1 Å². The fourth-order valence-electron chi connectivity index (χ4n) is 2.64. The zero-order chi connectivity index (χ0) is 15.0. The van der Waals surface area contributed by atoms with Gasteiger partial charge in [0.1, 0.15) is 11.6 Å². The van der Waals surface area contributed by atoms with E-state index in [4.69, 9.17) is 11.6 Å². The van der Waals surface area contributed by atoms with E-state index >= 15 is 0 Å². The SMILES string of the molecule is CC(C)CC(C)n1c(C(C)Cl)nc2cc(I)c(F)cc21. The van der Waals surface area contributed by atoms with Crippen LogP contribution in [-0.4, -0.2) is 9.55 Å². The van der Waals surface area contributed by atoms with Crippen molar-refractivity contribution in [2.24, 2.45) is 5.92 Å². The number of rotatable bonds is 4. The molecule has 2 rings (SSSR count). The van der Waals surface area contributed by atoms with E-state index in [0.717, 1.165) is 23.3 Å². The number of nitrogens with zero attached hydrogens (tertiary/aromatic N) is 2. The maximum atomic E-state index is 13.9. The minimum atomic E-state index is -0.204. The van der Waals surface area contributed by atoms with Crippen molar-refractivity contribution < 1.29 is 4.39 Å². The Hall–Kier alpha value is -0.360. The topological polar surface area (TPSA) is 17.8 Å². The summed E-state index contributed by atoms with van der Waals surface area (Å²) in [7, 11) is 0. The number of fused-ring (bicyclic) bond motifs is 1. The molecule has 0 aliphatic heterocycles. The summed E-state index contributed by atoms with van der Waals surface area (Å²) < 4.78 is 16.6. The van der Waals surface area contributed by atoms with Gasteiger partial charge in [-0.2, -0.15) is 0 Å². The highest BCUT2D eigenvalue weighted by atomic mass is 127. The Labute approximate surface area is 137 Å². The van der Waals surface area contributed by atoms with Gasteiger partial charge in [-0.25, -0.2) is 9.37 Å². The minimum absolute atomic E-state index is 0.197. The first kappa shape index (κ1) is 16.0. The van der Waals surface area contributed by atoms with Gasteiger partial charge in [-0.05, 0) is 54.8 Å². The predicted molar refractivity (Wildman–Crippen MR) is 90.8 cm³/mol. The molecule has 0 bridgehead atoms. The molecule has 0 spiro atoms. The van der Waals surface area contributed by atoms with Gasteiger partial charge in [-0.3, -0.25) is 0 Å². The molecule has 1 heterocycles. The second kappa shape index (κ2) is 6.18. The number of hydrogen-bond acceptors (Lipinski definition) is 1. The van der Waals surface area contributed by atoms with Crippen molar-refractivity contribution in [3.05, 3.63) is 27.3 Å². The summed E-state index contributed by atoms with van der Waals surface area (Å²) in [5, 5.41) is -0.197. The molecule has 0 fully saturated rings. The lowest BCUT2D eigenvalue weighted by atomic mass is 10.0. The van der Waals surface area contributed by atoms with Crippen LogP contribution >= 0.6 is 34.2 Å². The van der Waals surface area contributed by atoms with Crippen LogP contribution in [0.25, 0.3) is 11.0 Å². The van der Waals surface area contributed by atoms with Gasteiger partial charge in [0.05, 0.1) is 20.0 Å². The zero-order valence-corrected chi connectivity index (χ0v) is 15.0. The molecule has 2 aromatic rings. The van der Waals surface area contributed by atoms with Crippen LogP contribution in [0.1, 0.15) is 51.4 Å². The average molecular weight is 409 g/mol. The van der Waals surface area contributed by atoms with Crippen LogP contribution in [-0.2, 0) is 0 Å². The molecule has 0 N–H and O–H groups in total. The van der Waals surface area contributed by atoms with E-state index in [-0.39, 0.29) is 17.2 Å². The van der Waals surface area contributed by atoms with E-state index in [1.54, 1.807) is 12.1 Å². The van der Waals surface area contributed by atoms with Gasteiger partial charge >= 0.3 is 0 Å². The molecule has 0 saturated heterocycles. The van der Waals surface area contributed by atoms with Crippen LogP contribution < -0.4 is 0 Å². The normalized spacial score (nSPS) is 15.0. The predicted octanol–water partition coefficient (Wildman–Crippen LogP) is 5.69. The largest absolute Gasteiger partial charge is 0.324 e.